The number of anilines is 2. The molecular formula is C23H25Cl2N3O3. The van der Waals surface area contributed by atoms with E-state index < -0.39 is 6.10 Å². The molecule has 4 rings (SSSR count). The normalized spacial score (nSPS) is 18.2. The molecule has 2 heterocycles. The van der Waals surface area contributed by atoms with E-state index in [-0.39, 0.29) is 18.4 Å². The molecule has 0 unspecified atom stereocenters. The highest BCUT2D eigenvalue weighted by Gasteiger charge is 2.34. The van der Waals surface area contributed by atoms with Crippen LogP contribution in [0.4, 0.5) is 11.4 Å². The van der Waals surface area contributed by atoms with E-state index in [1.54, 1.807) is 12.1 Å². The topological polar surface area (TPSA) is 61.9 Å². The van der Waals surface area contributed by atoms with Crippen LogP contribution in [0.5, 0.6) is 5.75 Å². The quantitative estimate of drug-likeness (QED) is 0.726. The Kier molecular flexibility index (Phi) is 6.58. The summed E-state index contributed by atoms with van der Waals surface area (Å²) in [6.07, 6.45) is 2.53. The van der Waals surface area contributed by atoms with Crippen molar-refractivity contribution in [2.45, 2.75) is 32.3 Å². The van der Waals surface area contributed by atoms with Gasteiger partial charge in [-0.15, -0.1) is 0 Å². The summed E-state index contributed by atoms with van der Waals surface area (Å²) in [6.45, 7) is 3.71. The number of ether oxygens (including phenoxy) is 1. The average molecular weight is 462 g/mol. The second kappa shape index (κ2) is 9.37. The minimum atomic E-state index is -0.646. The zero-order chi connectivity index (χ0) is 22.0. The fourth-order valence-electron chi connectivity index (χ4n) is 4.03. The van der Waals surface area contributed by atoms with E-state index in [2.05, 4.69) is 5.32 Å². The molecule has 0 radical (unpaired) electrons. The van der Waals surface area contributed by atoms with Crippen molar-refractivity contribution in [3.63, 3.8) is 0 Å². The Balaban J connectivity index is 1.52. The Labute approximate surface area is 192 Å². The third-order valence-corrected chi connectivity index (χ3v) is 6.49. The third-order valence-electron chi connectivity index (χ3n) is 5.69. The van der Waals surface area contributed by atoms with Crippen LogP contribution in [-0.4, -0.2) is 49.0 Å². The first-order valence-electron chi connectivity index (χ1n) is 10.5. The number of benzene rings is 2. The van der Waals surface area contributed by atoms with Crippen LogP contribution < -0.4 is 15.0 Å². The number of rotatable bonds is 4. The number of fused-ring (bicyclic) bond motifs is 1. The highest BCUT2D eigenvalue weighted by atomic mass is 35.5. The van der Waals surface area contributed by atoms with Crippen LogP contribution in [0.15, 0.2) is 36.4 Å². The first-order chi connectivity index (χ1) is 14.9. The van der Waals surface area contributed by atoms with Crippen molar-refractivity contribution in [2.24, 2.45) is 0 Å². The lowest BCUT2D eigenvalue weighted by Crippen LogP contribution is -2.52. The van der Waals surface area contributed by atoms with Crippen molar-refractivity contribution in [2.75, 3.05) is 36.4 Å². The lowest BCUT2D eigenvalue weighted by atomic mass is 10.1. The van der Waals surface area contributed by atoms with Gasteiger partial charge < -0.3 is 19.9 Å². The molecular weight excluding hydrogens is 437 g/mol. The molecule has 8 heteroatoms. The maximum atomic E-state index is 13.1. The number of halogens is 2. The highest BCUT2D eigenvalue weighted by Crippen LogP contribution is 2.35. The van der Waals surface area contributed by atoms with Crippen molar-refractivity contribution in [1.29, 1.82) is 0 Å². The number of para-hydroxylation sites is 2. The summed E-state index contributed by atoms with van der Waals surface area (Å²) in [7, 11) is 0. The van der Waals surface area contributed by atoms with Gasteiger partial charge in [0.05, 0.1) is 34.5 Å². The van der Waals surface area contributed by atoms with Gasteiger partial charge in [0.2, 0.25) is 5.91 Å². The van der Waals surface area contributed by atoms with Crippen LogP contribution in [0.1, 0.15) is 24.8 Å². The first-order valence-corrected chi connectivity index (χ1v) is 11.2. The Hall–Kier alpha value is -2.44. The number of hydrogen-bond donors (Lipinski definition) is 1. The molecule has 2 aromatic carbocycles. The summed E-state index contributed by atoms with van der Waals surface area (Å²) >= 11 is 12.6. The summed E-state index contributed by atoms with van der Waals surface area (Å²) in [4.78, 5) is 29.7. The number of likely N-dealkylation sites (tertiary alicyclic amines) is 1. The lowest BCUT2D eigenvalue weighted by Gasteiger charge is -2.38. The van der Waals surface area contributed by atoms with Crippen LogP contribution >= 0.6 is 23.2 Å². The molecule has 0 aliphatic carbocycles. The predicted octanol–water partition coefficient (Wildman–Crippen LogP) is 4.52. The molecule has 164 valence electrons. The fraction of sp³-hybridized carbons (Fsp3) is 0.391. The molecule has 0 aromatic heterocycles. The molecule has 0 bridgehead atoms. The summed E-state index contributed by atoms with van der Waals surface area (Å²) < 4.78 is 6.02. The summed E-state index contributed by atoms with van der Waals surface area (Å²) in [5.74, 6) is 0.309. The molecule has 1 N–H and O–H groups in total. The highest BCUT2D eigenvalue weighted by molar-refractivity contribution is 6.40. The van der Waals surface area contributed by atoms with Gasteiger partial charge >= 0.3 is 0 Å². The van der Waals surface area contributed by atoms with Gasteiger partial charge in [0.25, 0.3) is 5.91 Å². The maximum Gasteiger partial charge on any atom is 0.265 e. The molecule has 2 aliphatic rings. The number of piperidine rings is 1. The van der Waals surface area contributed by atoms with Crippen LogP contribution in [-0.2, 0) is 9.59 Å². The molecule has 2 aliphatic heterocycles. The van der Waals surface area contributed by atoms with Crippen molar-refractivity contribution >= 4 is 46.4 Å². The summed E-state index contributed by atoms with van der Waals surface area (Å²) in [5, 5.41) is 3.62. The van der Waals surface area contributed by atoms with Crippen LogP contribution in [0.2, 0.25) is 10.0 Å². The number of hydrogen-bond acceptors (Lipinski definition) is 4. The molecule has 2 amide bonds. The monoisotopic (exact) mass is 461 g/mol. The van der Waals surface area contributed by atoms with Gasteiger partial charge in [-0.2, -0.15) is 0 Å². The average Bonchev–Trinajstić information content (AvgIpc) is 2.79. The van der Waals surface area contributed by atoms with E-state index in [1.165, 1.54) is 0 Å². The lowest BCUT2D eigenvalue weighted by molar-refractivity contribution is -0.139. The zero-order valence-corrected chi connectivity index (χ0v) is 18.9. The van der Waals surface area contributed by atoms with Gasteiger partial charge in [-0.1, -0.05) is 41.4 Å². The van der Waals surface area contributed by atoms with E-state index >= 15 is 0 Å². The number of aryl methyl sites for hydroxylation is 1. The first kappa shape index (κ1) is 21.8. The Morgan fingerprint density at radius 3 is 2.61 bits per heavy atom. The zero-order valence-electron chi connectivity index (χ0n) is 17.4. The van der Waals surface area contributed by atoms with Gasteiger partial charge in [0.15, 0.2) is 6.10 Å². The second-order valence-electron chi connectivity index (χ2n) is 7.94. The minimum absolute atomic E-state index is 0.0237. The van der Waals surface area contributed by atoms with E-state index in [4.69, 9.17) is 27.9 Å². The van der Waals surface area contributed by atoms with Crippen molar-refractivity contribution in [3.8, 4) is 5.75 Å². The SMILES string of the molecule is Cc1ccc(Cl)c(NC(=O)CN2C[C@H](C(=O)N3CCCCC3)Oc3ccccc32)c1Cl. The van der Waals surface area contributed by atoms with E-state index in [0.29, 0.717) is 28.0 Å². The number of nitrogens with zero attached hydrogens (tertiary/aromatic N) is 2. The van der Waals surface area contributed by atoms with Crippen LogP contribution in [0.25, 0.3) is 0 Å². The molecule has 1 fully saturated rings. The Bertz CT molecular complexity index is 992. The van der Waals surface area contributed by atoms with Crippen molar-refractivity contribution < 1.29 is 14.3 Å². The van der Waals surface area contributed by atoms with E-state index in [0.717, 1.165) is 43.6 Å². The maximum absolute atomic E-state index is 13.1. The molecule has 2 aromatic rings. The summed E-state index contributed by atoms with van der Waals surface area (Å²) in [5.41, 5.74) is 2.00. The predicted molar refractivity (Wildman–Crippen MR) is 123 cm³/mol. The van der Waals surface area contributed by atoms with Crippen molar-refractivity contribution in [3.05, 3.63) is 52.0 Å². The molecule has 6 nitrogen and oxygen atoms in total. The second-order valence-corrected chi connectivity index (χ2v) is 8.73. The van der Waals surface area contributed by atoms with Crippen molar-refractivity contribution in [1.82, 2.24) is 4.90 Å². The fourth-order valence-corrected chi connectivity index (χ4v) is 4.49. The smallest absolute Gasteiger partial charge is 0.265 e. The Morgan fingerprint density at radius 2 is 1.84 bits per heavy atom. The van der Waals surface area contributed by atoms with E-state index in [1.807, 2.05) is 41.0 Å². The van der Waals surface area contributed by atoms with Crippen LogP contribution in [0, 0.1) is 6.92 Å². The van der Waals surface area contributed by atoms with Gasteiger partial charge in [-0.05, 0) is 49.9 Å². The number of carbonyl (C=O) groups is 2. The number of nitrogens with one attached hydrogen (secondary N) is 1. The minimum Gasteiger partial charge on any atom is -0.477 e. The largest absolute Gasteiger partial charge is 0.477 e. The van der Waals surface area contributed by atoms with Gasteiger partial charge in [-0.25, -0.2) is 0 Å². The van der Waals surface area contributed by atoms with Gasteiger partial charge in [0.1, 0.15) is 5.75 Å². The van der Waals surface area contributed by atoms with Crippen LogP contribution in [0.3, 0.4) is 0 Å². The van der Waals surface area contributed by atoms with Gasteiger partial charge in [0, 0.05) is 13.1 Å². The number of amides is 2. The standard InChI is InChI=1S/C23H25Cl2N3O3/c1-15-9-10-16(24)22(21(15)25)26-20(29)14-28-13-19(23(30)27-11-5-2-6-12-27)31-18-8-4-3-7-17(18)28/h3-4,7-10,19H,2,5-6,11-14H2,1H3,(H,26,29)/t19-/m1/s1. The summed E-state index contributed by atoms with van der Waals surface area (Å²) in [6, 6.07) is 11.0. The van der Waals surface area contributed by atoms with E-state index in [9.17, 15) is 9.59 Å². The molecule has 1 atom stereocenters. The molecule has 0 spiro atoms. The Morgan fingerprint density at radius 1 is 1.10 bits per heavy atom. The number of carbonyl (C=O) groups excluding carboxylic acids is 2. The third kappa shape index (κ3) is 4.75. The molecule has 1 saturated heterocycles. The molecule has 31 heavy (non-hydrogen) atoms. The van der Waals surface area contributed by atoms with Gasteiger partial charge in [-0.3, -0.25) is 9.59 Å². The molecule has 0 saturated carbocycles.